The van der Waals surface area contributed by atoms with Crippen LogP contribution in [0.3, 0.4) is 0 Å². The topological polar surface area (TPSA) is 75.6 Å². The first-order valence-electron chi connectivity index (χ1n) is 5.97. The number of hydrogen-bond acceptors (Lipinski definition) is 8. The van der Waals surface area contributed by atoms with Crippen LogP contribution >= 0.6 is 22.7 Å². The summed E-state index contributed by atoms with van der Waals surface area (Å²) >= 11 is 3.23. The van der Waals surface area contributed by atoms with Gasteiger partial charge in [-0.1, -0.05) is 0 Å². The zero-order valence-electron chi connectivity index (χ0n) is 10.5. The molecular weight excluding hydrogens is 292 g/mol. The molecular formula is C12H12N6S2. The van der Waals surface area contributed by atoms with E-state index < -0.39 is 0 Å². The number of thiazole rings is 2. The first kappa shape index (κ1) is 12.9. The van der Waals surface area contributed by atoms with Crippen molar-refractivity contribution in [2.75, 3.05) is 10.6 Å². The maximum Gasteiger partial charge on any atom is 0.131 e. The van der Waals surface area contributed by atoms with Gasteiger partial charge in [-0.15, -0.1) is 22.7 Å². The number of aromatic nitrogens is 4. The van der Waals surface area contributed by atoms with Crippen molar-refractivity contribution in [2.45, 2.75) is 13.1 Å². The third-order valence-corrected chi connectivity index (χ3v) is 4.03. The highest BCUT2D eigenvalue weighted by Gasteiger charge is 2.01. The van der Waals surface area contributed by atoms with E-state index in [-0.39, 0.29) is 0 Å². The summed E-state index contributed by atoms with van der Waals surface area (Å²) in [7, 11) is 0. The van der Waals surface area contributed by atoms with Crippen molar-refractivity contribution in [3.05, 3.63) is 45.6 Å². The summed E-state index contributed by atoms with van der Waals surface area (Å²) < 4.78 is 0. The molecule has 0 aromatic carbocycles. The lowest BCUT2D eigenvalue weighted by Gasteiger charge is -2.06. The SMILES string of the molecule is c1nc(NCc2nccs2)cc(NCc2nccs2)n1. The molecule has 0 amide bonds. The quantitative estimate of drug-likeness (QED) is 0.729. The van der Waals surface area contributed by atoms with Gasteiger partial charge >= 0.3 is 0 Å². The van der Waals surface area contributed by atoms with Gasteiger partial charge in [0, 0.05) is 29.2 Å². The molecule has 0 bridgehead atoms. The predicted molar refractivity (Wildman–Crippen MR) is 80.9 cm³/mol. The van der Waals surface area contributed by atoms with Crippen LogP contribution in [0.5, 0.6) is 0 Å². The van der Waals surface area contributed by atoms with Gasteiger partial charge < -0.3 is 10.6 Å². The highest BCUT2D eigenvalue weighted by Crippen LogP contribution is 2.13. The van der Waals surface area contributed by atoms with E-state index in [1.54, 1.807) is 35.1 Å². The van der Waals surface area contributed by atoms with Gasteiger partial charge in [0.1, 0.15) is 28.0 Å². The van der Waals surface area contributed by atoms with Crippen LogP contribution in [0.2, 0.25) is 0 Å². The Morgan fingerprint density at radius 3 is 1.80 bits per heavy atom. The van der Waals surface area contributed by atoms with Crippen molar-refractivity contribution in [1.29, 1.82) is 0 Å². The van der Waals surface area contributed by atoms with Crippen molar-refractivity contribution in [3.8, 4) is 0 Å². The van der Waals surface area contributed by atoms with E-state index in [0.29, 0.717) is 13.1 Å². The lowest BCUT2D eigenvalue weighted by Crippen LogP contribution is -2.05. The highest BCUT2D eigenvalue weighted by atomic mass is 32.1. The summed E-state index contributed by atoms with van der Waals surface area (Å²) in [6, 6.07) is 1.88. The van der Waals surface area contributed by atoms with Gasteiger partial charge in [-0.05, 0) is 0 Å². The van der Waals surface area contributed by atoms with Gasteiger partial charge in [-0.25, -0.2) is 19.9 Å². The maximum absolute atomic E-state index is 4.21. The summed E-state index contributed by atoms with van der Waals surface area (Å²) in [6.07, 6.45) is 5.12. The van der Waals surface area contributed by atoms with E-state index in [0.717, 1.165) is 21.7 Å². The van der Waals surface area contributed by atoms with E-state index >= 15 is 0 Å². The van der Waals surface area contributed by atoms with Crippen LogP contribution in [-0.4, -0.2) is 19.9 Å². The van der Waals surface area contributed by atoms with E-state index in [9.17, 15) is 0 Å². The molecule has 6 nitrogen and oxygen atoms in total. The molecule has 0 atom stereocenters. The molecule has 3 aromatic rings. The standard InChI is InChI=1S/C12H12N6S2/c1-3-19-11(13-1)6-15-9-5-10(18-8-17-9)16-7-12-14-2-4-20-12/h1-5,8H,6-7H2,(H2,15,16,17,18). The summed E-state index contributed by atoms with van der Waals surface area (Å²) in [6.45, 7) is 1.33. The molecule has 0 spiro atoms. The normalized spacial score (nSPS) is 10.4. The Balaban J connectivity index is 1.57. The second-order valence-corrected chi connectivity index (χ2v) is 5.81. The largest absolute Gasteiger partial charge is 0.363 e. The molecule has 8 heteroatoms. The summed E-state index contributed by atoms with van der Waals surface area (Å²) in [4.78, 5) is 16.8. The lowest BCUT2D eigenvalue weighted by atomic mass is 10.5. The van der Waals surface area contributed by atoms with Crippen molar-refractivity contribution >= 4 is 34.3 Å². The van der Waals surface area contributed by atoms with Crippen LogP contribution in [-0.2, 0) is 13.1 Å². The molecule has 102 valence electrons. The van der Waals surface area contributed by atoms with Crippen molar-refractivity contribution < 1.29 is 0 Å². The van der Waals surface area contributed by atoms with Gasteiger partial charge in [0.25, 0.3) is 0 Å². The Morgan fingerprint density at radius 1 is 0.800 bits per heavy atom. The number of rotatable bonds is 6. The Bertz CT molecular complexity index is 584. The average Bonchev–Trinajstić information content (AvgIpc) is 3.17. The Hall–Kier alpha value is -2.06. The molecule has 0 aliphatic heterocycles. The van der Waals surface area contributed by atoms with Crippen molar-refractivity contribution in [2.24, 2.45) is 0 Å². The zero-order valence-corrected chi connectivity index (χ0v) is 12.1. The molecule has 3 aromatic heterocycles. The second-order valence-electron chi connectivity index (χ2n) is 3.85. The minimum atomic E-state index is 0.667. The third kappa shape index (κ3) is 3.49. The molecule has 0 saturated carbocycles. The van der Waals surface area contributed by atoms with E-state index in [4.69, 9.17) is 0 Å². The Morgan fingerprint density at radius 2 is 1.35 bits per heavy atom. The minimum Gasteiger partial charge on any atom is -0.363 e. The molecule has 3 rings (SSSR count). The molecule has 2 N–H and O–H groups in total. The van der Waals surface area contributed by atoms with Gasteiger partial charge in [0.05, 0.1) is 13.1 Å². The summed E-state index contributed by atoms with van der Waals surface area (Å²) in [5, 5.41) is 12.4. The maximum atomic E-state index is 4.21. The van der Waals surface area contributed by atoms with Crippen LogP contribution in [0.15, 0.2) is 35.5 Å². The van der Waals surface area contributed by atoms with Crippen LogP contribution in [0.25, 0.3) is 0 Å². The predicted octanol–water partition coefficient (Wildman–Crippen LogP) is 2.61. The number of anilines is 2. The molecule has 20 heavy (non-hydrogen) atoms. The molecule has 0 radical (unpaired) electrons. The molecule has 0 saturated heterocycles. The fourth-order valence-electron chi connectivity index (χ4n) is 1.56. The van der Waals surface area contributed by atoms with E-state index in [1.165, 1.54) is 6.33 Å². The summed E-state index contributed by atoms with van der Waals surface area (Å²) in [5.41, 5.74) is 0. The van der Waals surface area contributed by atoms with Crippen LogP contribution in [0, 0.1) is 0 Å². The molecule has 0 aliphatic rings. The number of nitrogens with zero attached hydrogens (tertiary/aromatic N) is 4. The second kappa shape index (κ2) is 6.40. The van der Waals surface area contributed by atoms with E-state index in [2.05, 4.69) is 30.6 Å². The Kier molecular flexibility index (Phi) is 4.14. The first-order valence-corrected chi connectivity index (χ1v) is 7.72. The van der Waals surface area contributed by atoms with Crippen molar-refractivity contribution in [3.63, 3.8) is 0 Å². The van der Waals surface area contributed by atoms with Crippen LogP contribution in [0.4, 0.5) is 11.6 Å². The Labute approximate surface area is 124 Å². The first-order chi connectivity index (χ1) is 9.90. The van der Waals surface area contributed by atoms with E-state index in [1.807, 2.05) is 16.8 Å². The van der Waals surface area contributed by atoms with Crippen LogP contribution < -0.4 is 10.6 Å². The van der Waals surface area contributed by atoms with Crippen molar-refractivity contribution in [1.82, 2.24) is 19.9 Å². The molecule has 0 fully saturated rings. The van der Waals surface area contributed by atoms with Gasteiger partial charge in [0.2, 0.25) is 0 Å². The highest BCUT2D eigenvalue weighted by molar-refractivity contribution is 7.09. The monoisotopic (exact) mass is 304 g/mol. The number of nitrogens with one attached hydrogen (secondary N) is 2. The molecule has 0 unspecified atom stereocenters. The molecule has 0 aliphatic carbocycles. The number of hydrogen-bond donors (Lipinski definition) is 2. The third-order valence-electron chi connectivity index (χ3n) is 2.48. The zero-order chi connectivity index (χ0) is 13.6. The average molecular weight is 304 g/mol. The molecule has 3 heterocycles. The van der Waals surface area contributed by atoms with Gasteiger partial charge in [-0.3, -0.25) is 0 Å². The fourth-order valence-corrected chi connectivity index (χ4v) is 2.68. The van der Waals surface area contributed by atoms with Gasteiger partial charge in [0.15, 0.2) is 0 Å². The smallest absolute Gasteiger partial charge is 0.131 e. The minimum absolute atomic E-state index is 0.667. The lowest BCUT2D eigenvalue weighted by molar-refractivity contribution is 1.04. The summed E-state index contributed by atoms with van der Waals surface area (Å²) in [5.74, 6) is 1.55. The van der Waals surface area contributed by atoms with Gasteiger partial charge in [-0.2, -0.15) is 0 Å². The van der Waals surface area contributed by atoms with Crippen LogP contribution in [0.1, 0.15) is 10.0 Å². The fraction of sp³-hybridized carbons (Fsp3) is 0.167.